The summed E-state index contributed by atoms with van der Waals surface area (Å²) in [5.74, 6) is -1.63. The van der Waals surface area contributed by atoms with E-state index in [0.717, 1.165) is 11.6 Å². The SMILES string of the molecule is Cc1cc(F)ccc1S(=O)(=O)N1CCC(n2c(=O)n(CC(=O)O)c3c(C)ccnc32)CC1. The number of benzene rings is 1. The Morgan fingerprint density at radius 3 is 2.50 bits per heavy atom. The van der Waals surface area contributed by atoms with Crippen molar-refractivity contribution in [3.8, 4) is 0 Å². The number of carboxylic acids is 1. The maximum Gasteiger partial charge on any atom is 0.331 e. The number of piperidine rings is 1. The van der Waals surface area contributed by atoms with Crippen molar-refractivity contribution >= 4 is 27.2 Å². The second-order valence-corrected chi connectivity index (χ2v) is 9.88. The average Bonchev–Trinajstić information content (AvgIpc) is 3.00. The monoisotopic (exact) mass is 462 g/mol. The summed E-state index contributed by atoms with van der Waals surface area (Å²) >= 11 is 0. The average molecular weight is 463 g/mol. The van der Waals surface area contributed by atoms with Crippen molar-refractivity contribution in [2.45, 2.75) is 44.2 Å². The molecular formula is C21H23FN4O5S. The topological polar surface area (TPSA) is 114 Å². The summed E-state index contributed by atoms with van der Waals surface area (Å²) in [7, 11) is -3.80. The zero-order valence-corrected chi connectivity index (χ0v) is 18.5. The molecule has 3 aromatic rings. The molecule has 1 aliphatic rings. The first-order valence-corrected chi connectivity index (χ1v) is 11.6. The number of sulfonamides is 1. The lowest BCUT2D eigenvalue weighted by molar-refractivity contribution is -0.137. The van der Waals surface area contributed by atoms with Gasteiger partial charge in [0.05, 0.1) is 10.4 Å². The van der Waals surface area contributed by atoms with Crippen molar-refractivity contribution in [2.24, 2.45) is 0 Å². The lowest BCUT2D eigenvalue weighted by Crippen LogP contribution is -2.41. The molecule has 0 radical (unpaired) electrons. The van der Waals surface area contributed by atoms with Gasteiger partial charge in [-0.2, -0.15) is 4.31 Å². The molecule has 0 bridgehead atoms. The number of nitrogens with zero attached hydrogens (tertiary/aromatic N) is 4. The molecule has 0 saturated carbocycles. The van der Waals surface area contributed by atoms with Gasteiger partial charge in [-0.05, 0) is 62.1 Å². The van der Waals surface area contributed by atoms with Crippen LogP contribution in [0.5, 0.6) is 0 Å². The van der Waals surface area contributed by atoms with Crippen LogP contribution in [0.3, 0.4) is 0 Å². The standard InChI is InChI=1S/C21H23FN4O5S/c1-13-5-8-23-20-19(13)25(12-18(27)28)21(29)26(20)16-6-9-24(10-7-16)32(30,31)17-4-3-15(22)11-14(17)2/h3-5,8,11,16H,6-7,9-10,12H2,1-2H3,(H,27,28). The van der Waals surface area contributed by atoms with Crippen LogP contribution in [0.15, 0.2) is 40.2 Å². The van der Waals surface area contributed by atoms with Crippen molar-refractivity contribution in [3.63, 3.8) is 0 Å². The van der Waals surface area contributed by atoms with Crippen molar-refractivity contribution in [2.75, 3.05) is 13.1 Å². The number of hydrogen-bond acceptors (Lipinski definition) is 5. The molecule has 0 amide bonds. The lowest BCUT2D eigenvalue weighted by atomic mass is 10.1. The maximum absolute atomic E-state index is 13.4. The van der Waals surface area contributed by atoms with E-state index in [9.17, 15) is 27.5 Å². The first-order valence-electron chi connectivity index (χ1n) is 10.2. The summed E-state index contributed by atoms with van der Waals surface area (Å²) in [6, 6.07) is 4.96. The normalized spacial score (nSPS) is 16.0. The number of rotatable bonds is 5. The van der Waals surface area contributed by atoms with E-state index < -0.39 is 34.0 Å². The Balaban J connectivity index is 1.65. The molecule has 32 heavy (non-hydrogen) atoms. The zero-order chi connectivity index (χ0) is 23.2. The summed E-state index contributed by atoms with van der Waals surface area (Å²) in [6.45, 7) is 3.20. The Labute approximate surface area is 183 Å². The molecular weight excluding hydrogens is 439 g/mol. The number of imidazole rings is 1. The number of hydrogen-bond donors (Lipinski definition) is 1. The quantitative estimate of drug-likeness (QED) is 0.621. The van der Waals surface area contributed by atoms with Gasteiger partial charge in [0.2, 0.25) is 10.0 Å². The predicted octanol–water partition coefficient (Wildman–Crippen LogP) is 2.06. The number of carbonyl (C=O) groups is 1. The summed E-state index contributed by atoms with van der Waals surface area (Å²) in [4.78, 5) is 28.8. The van der Waals surface area contributed by atoms with Gasteiger partial charge in [0, 0.05) is 25.3 Å². The highest BCUT2D eigenvalue weighted by molar-refractivity contribution is 7.89. The summed E-state index contributed by atoms with van der Waals surface area (Å²) < 4.78 is 43.6. The summed E-state index contributed by atoms with van der Waals surface area (Å²) in [6.07, 6.45) is 2.29. The van der Waals surface area contributed by atoms with Crippen LogP contribution in [-0.4, -0.2) is 51.0 Å². The number of fused-ring (bicyclic) bond motifs is 1. The zero-order valence-electron chi connectivity index (χ0n) is 17.7. The number of carboxylic acid groups (broad SMARTS) is 1. The Bertz CT molecular complexity index is 1370. The Morgan fingerprint density at radius 2 is 1.88 bits per heavy atom. The highest BCUT2D eigenvalue weighted by atomic mass is 32.2. The van der Waals surface area contributed by atoms with Crippen LogP contribution in [-0.2, 0) is 21.4 Å². The van der Waals surface area contributed by atoms with Crippen LogP contribution in [0.1, 0.15) is 30.0 Å². The first-order chi connectivity index (χ1) is 15.1. The van der Waals surface area contributed by atoms with Crippen molar-refractivity contribution in [1.29, 1.82) is 0 Å². The third kappa shape index (κ3) is 3.71. The van der Waals surface area contributed by atoms with Gasteiger partial charge in [-0.25, -0.2) is 22.6 Å². The van der Waals surface area contributed by atoms with Crippen LogP contribution >= 0.6 is 0 Å². The molecule has 1 aromatic carbocycles. The predicted molar refractivity (Wildman–Crippen MR) is 115 cm³/mol. The van der Waals surface area contributed by atoms with Gasteiger partial charge >= 0.3 is 11.7 Å². The molecule has 1 fully saturated rings. The fourth-order valence-electron chi connectivity index (χ4n) is 4.36. The van der Waals surface area contributed by atoms with E-state index in [1.807, 2.05) is 0 Å². The highest BCUT2D eigenvalue weighted by Crippen LogP contribution is 2.30. The van der Waals surface area contributed by atoms with Crippen molar-refractivity contribution in [1.82, 2.24) is 18.4 Å². The molecule has 1 saturated heterocycles. The fourth-order valence-corrected chi connectivity index (χ4v) is 6.03. The molecule has 2 aromatic heterocycles. The number of aromatic nitrogens is 3. The molecule has 0 unspecified atom stereocenters. The molecule has 1 N–H and O–H groups in total. The van der Waals surface area contributed by atoms with Gasteiger partial charge < -0.3 is 5.11 Å². The Morgan fingerprint density at radius 1 is 1.19 bits per heavy atom. The van der Waals surface area contributed by atoms with Crippen LogP contribution in [0, 0.1) is 19.7 Å². The van der Waals surface area contributed by atoms with Gasteiger partial charge in [-0.3, -0.25) is 13.9 Å². The van der Waals surface area contributed by atoms with E-state index in [0.29, 0.717) is 29.6 Å². The number of aryl methyl sites for hydroxylation is 2. The molecule has 170 valence electrons. The first kappa shape index (κ1) is 22.2. The number of aliphatic carboxylic acids is 1. The number of pyridine rings is 1. The third-order valence-corrected chi connectivity index (χ3v) is 7.94. The largest absolute Gasteiger partial charge is 0.480 e. The third-order valence-electron chi connectivity index (χ3n) is 5.88. The van der Waals surface area contributed by atoms with Crippen molar-refractivity contribution in [3.05, 3.63) is 57.9 Å². The van der Waals surface area contributed by atoms with E-state index in [-0.39, 0.29) is 24.0 Å². The minimum absolute atomic E-state index is 0.0601. The lowest BCUT2D eigenvalue weighted by Gasteiger charge is -2.32. The van der Waals surface area contributed by atoms with Crippen molar-refractivity contribution < 1.29 is 22.7 Å². The van der Waals surface area contributed by atoms with E-state index >= 15 is 0 Å². The smallest absolute Gasteiger partial charge is 0.331 e. The van der Waals surface area contributed by atoms with E-state index in [1.165, 1.54) is 25.6 Å². The molecule has 3 heterocycles. The Hall–Kier alpha value is -3.05. The second-order valence-electron chi connectivity index (χ2n) is 7.98. The molecule has 0 atom stereocenters. The minimum Gasteiger partial charge on any atom is -0.480 e. The summed E-state index contributed by atoms with van der Waals surface area (Å²) in [5.41, 5.74) is 1.46. The molecule has 0 aliphatic carbocycles. The Kier molecular flexibility index (Phi) is 5.63. The van der Waals surface area contributed by atoms with Crippen LogP contribution in [0.25, 0.3) is 11.2 Å². The minimum atomic E-state index is -3.80. The second kappa shape index (κ2) is 8.14. The maximum atomic E-state index is 13.4. The summed E-state index contributed by atoms with van der Waals surface area (Å²) in [5, 5.41) is 9.25. The van der Waals surface area contributed by atoms with Crippen LogP contribution in [0.4, 0.5) is 4.39 Å². The molecule has 1 aliphatic heterocycles. The van der Waals surface area contributed by atoms with Gasteiger partial charge in [-0.1, -0.05) is 0 Å². The van der Waals surface area contributed by atoms with Gasteiger partial charge in [0.25, 0.3) is 0 Å². The van der Waals surface area contributed by atoms with Gasteiger partial charge in [-0.15, -0.1) is 0 Å². The van der Waals surface area contributed by atoms with Gasteiger partial charge in [0.15, 0.2) is 5.65 Å². The van der Waals surface area contributed by atoms with E-state index in [1.54, 1.807) is 26.1 Å². The van der Waals surface area contributed by atoms with Crippen LogP contribution < -0.4 is 5.69 Å². The molecule has 11 heteroatoms. The van der Waals surface area contributed by atoms with Gasteiger partial charge in [0.1, 0.15) is 12.4 Å². The molecule has 9 nitrogen and oxygen atoms in total. The van der Waals surface area contributed by atoms with E-state index in [2.05, 4.69) is 4.98 Å². The highest BCUT2D eigenvalue weighted by Gasteiger charge is 2.33. The molecule has 0 spiro atoms. The number of halogens is 1. The molecule has 4 rings (SSSR count). The van der Waals surface area contributed by atoms with Crippen LogP contribution in [0.2, 0.25) is 0 Å². The van der Waals surface area contributed by atoms with E-state index in [4.69, 9.17) is 0 Å². The fraction of sp³-hybridized carbons (Fsp3) is 0.381.